The van der Waals surface area contributed by atoms with E-state index in [1.54, 1.807) is 23.7 Å². The quantitative estimate of drug-likeness (QED) is 0.610. The molecule has 0 amide bonds. The van der Waals surface area contributed by atoms with Gasteiger partial charge in [0, 0.05) is 70.0 Å². The number of rotatable bonds is 5. The van der Waals surface area contributed by atoms with Crippen LogP contribution in [0, 0.1) is 0 Å². The van der Waals surface area contributed by atoms with Gasteiger partial charge < -0.3 is 20.4 Å². The van der Waals surface area contributed by atoms with Gasteiger partial charge in [-0.15, -0.1) is 11.3 Å². The van der Waals surface area contributed by atoms with Crippen molar-refractivity contribution in [3.8, 4) is 0 Å². The zero-order chi connectivity index (χ0) is 18.5. The predicted molar refractivity (Wildman–Crippen MR) is 110 cm³/mol. The predicted octanol–water partition coefficient (Wildman–Crippen LogP) is 1.21. The molecule has 2 aliphatic rings. The summed E-state index contributed by atoms with van der Waals surface area (Å²) in [5, 5.41) is 3.30. The van der Waals surface area contributed by atoms with Gasteiger partial charge in [0.1, 0.15) is 0 Å². The molecule has 8 nitrogen and oxygen atoms in total. The van der Waals surface area contributed by atoms with Crippen LogP contribution in [-0.4, -0.2) is 71.6 Å². The van der Waals surface area contributed by atoms with Crippen molar-refractivity contribution in [1.29, 1.82) is 0 Å². The molecule has 144 valence electrons. The van der Waals surface area contributed by atoms with Gasteiger partial charge in [0.25, 0.3) is 0 Å². The summed E-state index contributed by atoms with van der Waals surface area (Å²) in [5.74, 6) is 1.41. The largest absolute Gasteiger partial charge is 0.370 e. The second-order valence-electron chi connectivity index (χ2n) is 6.83. The molecule has 4 heterocycles. The van der Waals surface area contributed by atoms with E-state index in [1.807, 2.05) is 6.07 Å². The highest BCUT2D eigenvalue weighted by Gasteiger charge is 2.20. The third-order valence-electron chi connectivity index (χ3n) is 5.00. The number of piperazine rings is 1. The van der Waals surface area contributed by atoms with E-state index in [0.717, 1.165) is 62.5 Å². The normalized spacial score (nSPS) is 18.4. The van der Waals surface area contributed by atoms with E-state index >= 15 is 0 Å². The van der Waals surface area contributed by atoms with Gasteiger partial charge in [0.15, 0.2) is 11.1 Å². The fourth-order valence-corrected chi connectivity index (χ4v) is 4.35. The highest BCUT2D eigenvalue weighted by molar-refractivity contribution is 7.13. The molecule has 2 saturated heterocycles. The topological polar surface area (TPSA) is 86.8 Å². The van der Waals surface area contributed by atoms with Crippen LogP contribution in [0.15, 0.2) is 28.8 Å². The minimum Gasteiger partial charge on any atom is -0.370 e. The Labute approximate surface area is 163 Å². The summed E-state index contributed by atoms with van der Waals surface area (Å²) in [4.78, 5) is 24.6. The van der Waals surface area contributed by atoms with E-state index in [9.17, 15) is 0 Å². The van der Waals surface area contributed by atoms with Gasteiger partial charge in [-0.1, -0.05) is 0 Å². The van der Waals surface area contributed by atoms with Gasteiger partial charge in [-0.2, -0.15) is 0 Å². The molecule has 27 heavy (non-hydrogen) atoms. The SMILES string of the molecule is NC(=NCCc1csc(N2CCCC2)n1)N1CCN(c2ncccn2)CC1. The molecule has 0 unspecified atom stereocenters. The van der Waals surface area contributed by atoms with E-state index < -0.39 is 0 Å². The molecule has 0 bridgehead atoms. The number of anilines is 2. The number of aliphatic imine (C=N–C) groups is 1. The average molecular weight is 387 g/mol. The Bertz CT molecular complexity index is 748. The monoisotopic (exact) mass is 386 g/mol. The molecule has 2 aromatic rings. The molecule has 2 aromatic heterocycles. The lowest BCUT2D eigenvalue weighted by molar-refractivity contribution is 0.378. The van der Waals surface area contributed by atoms with Crippen molar-refractivity contribution in [3.63, 3.8) is 0 Å². The first-order valence-corrected chi connectivity index (χ1v) is 10.4. The number of hydrogen-bond acceptors (Lipinski definition) is 7. The molecule has 0 atom stereocenters. The van der Waals surface area contributed by atoms with Crippen LogP contribution in [0.25, 0.3) is 0 Å². The minimum atomic E-state index is 0.624. The molecule has 2 fully saturated rings. The van der Waals surface area contributed by atoms with E-state index in [1.165, 1.54) is 12.8 Å². The molecule has 4 rings (SSSR count). The first kappa shape index (κ1) is 18.0. The Hall–Kier alpha value is -2.42. The summed E-state index contributed by atoms with van der Waals surface area (Å²) < 4.78 is 0. The van der Waals surface area contributed by atoms with Crippen LogP contribution >= 0.6 is 11.3 Å². The zero-order valence-corrected chi connectivity index (χ0v) is 16.3. The third kappa shape index (κ3) is 4.47. The fourth-order valence-electron chi connectivity index (χ4n) is 3.44. The Morgan fingerprint density at radius 2 is 1.78 bits per heavy atom. The first-order valence-electron chi connectivity index (χ1n) is 9.56. The van der Waals surface area contributed by atoms with Crippen molar-refractivity contribution in [2.45, 2.75) is 19.3 Å². The van der Waals surface area contributed by atoms with Crippen molar-refractivity contribution in [3.05, 3.63) is 29.5 Å². The molecule has 2 N–H and O–H groups in total. The second kappa shape index (κ2) is 8.51. The number of hydrogen-bond donors (Lipinski definition) is 1. The lowest BCUT2D eigenvalue weighted by atomic mass is 10.3. The summed E-state index contributed by atoms with van der Waals surface area (Å²) in [5.41, 5.74) is 7.32. The molecule has 0 saturated carbocycles. The van der Waals surface area contributed by atoms with Crippen LogP contribution in [0.5, 0.6) is 0 Å². The number of nitrogens with zero attached hydrogens (tertiary/aromatic N) is 7. The number of guanidine groups is 1. The van der Waals surface area contributed by atoms with Gasteiger partial charge >= 0.3 is 0 Å². The molecular formula is C18H26N8S. The van der Waals surface area contributed by atoms with Crippen molar-refractivity contribution < 1.29 is 0 Å². The number of thiazole rings is 1. The lowest BCUT2D eigenvalue weighted by Crippen LogP contribution is -2.51. The average Bonchev–Trinajstić information content (AvgIpc) is 3.40. The van der Waals surface area contributed by atoms with Crippen molar-refractivity contribution >= 4 is 28.4 Å². The zero-order valence-electron chi connectivity index (χ0n) is 15.5. The van der Waals surface area contributed by atoms with E-state index in [-0.39, 0.29) is 0 Å². The Balaban J connectivity index is 1.24. The van der Waals surface area contributed by atoms with Crippen LogP contribution in [0.3, 0.4) is 0 Å². The standard InChI is InChI=1S/C18H26N8S/c19-16(24-10-12-25(13-11-24)17-21-5-3-6-22-17)20-7-4-15-14-27-18(23-15)26-8-1-2-9-26/h3,5-6,14H,1-2,4,7-13H2,(H2,19,20). The fraction of sp³-hybridized carbons (Fsp3) is 0.556. The Morgan fingerprint density at radius 3 is 2.52 bits per heavy atom. The van der Waals surface area contributed by atoms with E-state index in [2.05, 4.69) is 35.0 Å². The molecule has 0 spiro atoms. The minimum absolute atomic E-state index is 0.624. The van der Waals surface area contributed by atoms with Gasteiger partial charge in [0.2, 0.25) is 5.95 Å². The van der Waals surface area contributed by atoms with Gasteiger partial charge in [0.05, 0.1) is 5.69 Å². The van der Waals surface area contributed by atoms with Crippen LogP contribution in [0.1, 0.15) is 18.5 Å². The van der Waals surface area contributed by atoms with Crippen molar-refractivity contribution in [1.82, 2.24) is 19.9 Å². The maximum absolute atomic E-state index is 6.20. The third-order valence-corrected chi connectivity index (χ3v) is 5.95. The number of nitrogens with two attached hydrogens (primary N) is 1. The molecular weight excluding hydrogens is 360 g/mol. The number of aromatic nitrogens is 3. The summed E-state index contributed by atoms with van der Waals surface area (Å²) in [6, 6.07) is 1.83. The first-order chi connectivity index (χ1) is 13.3. The summed E-state index contributed by atoms with van der Waals surface area (Å²) in [6.45, 7) is 6.33. The van der Waals surface area contributed by atoms with Crippen LogP contribution < -0.4 is 15.5 Å². The van der Waals surface area contributed by atoms with Crippen LogP contribution in [0.4, 0.5) is 11.1 Å². The maximum Gasteiger partial charge on any atom is 0.225 e. The maximum atomic E-state index is 6.20. The summed E-state index contributed by atoms with van der Waals surface area (Å²) >= 11 is 1.74. The van der Waals surface area contributed by atoms with E-state index in [4.69, 9.17) is 10.7 Å². The van der Waals surface area contributed by atoms with Crippen LogP contribution in [-0.2, 0) is 6.42 Å². The van der Waals surface area contributed by atoms with Crippen molar-refractivity contribution in [2.75, 3.05) is 55.6 Å². The molecule has 2 aliphatic heterocycles. The highest BCUT2D eigenvalue weighted by Crippen LogP contribution is 2.24. The van der Waals surface area contributed by atoms with Crippen LogP contribution in [0.2, 0.25) is 0 Å². The molecule has 0 radical (unpaired) electrons. The summed E-state index contributed by atoms with van der Waals surface area (Å²) in [6.07, 6.45) is 6.94. The summed E-state index contributed by atoms with van der Waals surface area (Å²) in [7, 11) is 0. The molecule has 9 heteroatoms. The second-order valence-corrected chi connectivity index (χ2v) is 7.66. The highest BCUT2D eigenvalue weighted by atomic mass is 32.1. The van der Waals surface area contributed by atoms with Gasteiger partial charge in [-0.25, -0.2) is 15.0 Å². The molecule has 0 aromatic carbocycles. The van der Waals surface area contributed by atoms with Gasteiger partial charge in [-0.05, 0) is 18.9 Å². The smallest absolute Gasteiger partial charge is 0.225 e. The lowest BCUT2D eigenvalue weighted by Gasteiger charge is -2.35. The Kier molecular flexibility index (Phi) is 5.66. The Morgan fingerprint density at radius 1 is 1.04 bits per heavy atom. The van der Waals surface area contributed by atoms with Crippen molar-refractivity contribution in [2.24, 2.45) is 10.7 Å². The molecule has 0 aliphatic carbocycles. The van der Waals surface area contributed by atoms with Gasteiger partial charge in [-0.3, -0.25) is 4.99 Å². The van der Waals surface area contributed by atoms with E-state index in [0.29, 0.717) is 12.5 Å².